The van der Waals surface area contributed by atoms with Crippen molar-refractivity contribution in [1.29, 1.82) is 15.8 Å². The summed E-state index contributed by atoms with van der Waals surface area (Å²) in [5.74, 6) is 0.0546. The van der Waals surface area contributed by atoms with Gasteiger partial charge in [-0.15, -0.1) is 11.3 Å². The summed E-state index contributed by atoms with van der Waals surface area (Å²) in [5.41, 5.74) is 2.23. The van der Waals surface area contributed by atoms with Crippen LogP contribution in [0.15, 0.2) is 65.0 Å². The molecule has 0 amide bonds. The molecule has 0 aliphatic carbocycles. The van der Waals surface area contributed by atoms with E-state index in [1.807, 2.05) is 44.2 Å². The summed E-state index contributed by atoms with van der Waals surface area (Å²) >= 11 is 1.63. The Morgan fingerprint density at radius 3 is 2.03 bits per heavy atom. The van der Waals surface area contributed by atoms with Crippen molar-refractivity contribution in [3.05, 3.63) is 80.3 Å². The van der Waals surface area contributed by atoms with Crippen LogP contribution in [0.5, 0.6) is 0 Å². The topological polar surface area (TPSA) is 83.8 Å². The quantitative estimate of drug-likeness (QED) is 0.424. The summed E-state index contributed by atoms with van der Waals surface area (Å²) < 4.78 is 5.80. The third kappa shape index (κ3) is 5.29. The van der Waals surface area contributed by atoms with E-state index in [0.717, 1.165) is 28.4 Å². The van der Waals surface area contributed by atoms with E-state index in [9.17, 15) is 15.8 Å². The van der Waals surface area contributed by atoms with Gasteiger partial charge in [0, 0.05) is 34.1 Å². The molecule has 0 N–H and O–H groups in total. The molecule has 0 unspecified atom stereocenters. The second-order valence-corrected chi connectivity index (χ2v) is 9.26. The van der Waals surface area contributed by atoms with E-state index in [2.05, 4.69) is 67.3 Å². The maximum Gasteiger partial charge on any atom is 0.172 e. The number of ether oxygens (including phenoxy) is 1. The average molecular weight is 467 g/mol. The van der Waals surface area contributed by atoms with Crippen molar-refractivity contribution in [3.63, 3.8) is 0 Å². The van der Waals surface area contributed by atoms with Gasteiger partial charge < -0.3 is 9.64 Å². The van der Waals surface area contributed by atoms with Gasteiger partial charge >= 0.3 is 0 Å². The van der Waals surface area contributed by atoms with Gasteiger partial charge in [0.15, 0.2) is 11.3 Å². The summed E-state index contributed by atoms with van der Waals surface area (Å²) in [5, 5.41) is 28.0. The third-order valence-corrected chi connectivity index (χ3v) is 6.60. The molecule has 5 nitrogen and oxygen atoms in total. The van der Waals surface area contributed by atoms with Crippen LogP contribution in [-0.2, 0) is 4.74 Å². The second kappa shape index (κ2) is 10.7. The largest absolute Gasteiger partial charge is 0.480 e. The van der Waals surface area contributed by atoms with Crippen LogP contribution in [0.2, 0.25) is 0 Å². The number of nitriles is 3. The Balaban J connectivity index is 1.79. The highest BCUT2D eigenvalue weighted by atomic mass is 32.1. The molecule has 0 radical (unpaired) electrons. The molecule has 2 aromatic rings. The summed E-state index contributed by atoms with van der Waals surface area (Å²) in [7, 11) is 0. The summed E-state index contributed by atoms with van der Waals surface area (Å²) in [4.78, 5) is 4.45. The second-order valence-electron chi connectivity index (χ2n) is 8.11. The number of thiophene rings is 1. The van der Waals surface area contributed by atoms with Crippen LogP contribution in [0.25, 0.3) is 18.2 Å². The smallest absolute Gasteiger partial charge is 0.172 e. The maximum atomic E-state index is 9.65. The van der Waals surface area contributed by atoms with Gasteiger partial charge in [0.2, 0.25) is 0 Å². The van der Waals surface area contributed by atoms with Gasteiger partial charge in [-0.2, -0.15) is 15.8 Å². The van der Waals surface area contributed by atoms with Crippen LogP contribution in [0.1, 0.15) is 43.0 Å². The molecule has 2 heterocycles. The molecule has 6 heteroatoms. The van der Waals surface area contributed by atoms with Crippen LogP contribution in [0.3, 0.4) is 0 Å². The van der Waals surface area contributed by atoms with Crippen LogP contribution in [-0.4, -0.2) is 18.7 Å². The lowest BCUT2D eigenvalue weighted by Crippen LogP contribution is -2.21. The number of nitrogens with zero attached hydrogens (tertiary/aromatic N) is 4. The van der Waals surface area contributed by atoms with Gasteiger partial charge in [0.05, 0.1) is 0 Å². The normalized spacial score (nSPS) is 14.7. The van der Waals surface area contributed by atoms with Crippen LogP contribution >= 0.6 is 11.3 Å². The third-order valence-electron chi connectivity index (χ3n) is 5.59. The fourth-order valence-electron chi connectivity index (χ4n) is 3.76. The first-order chi connectivity index (χ1) is 16.4. The van der Waals surface area contributed by atoms with Gasteiger partial charge in [-0.1, -0.05) is 24.3 Å². The molecule has 0 atom stereocenters. The Morgan fingerprint density at radius 1 is 0.912 bits per heavy atom. The molecule has 1 aliphatic heterocycles. The molecule has 0 spiro atoms. The minimum atomic E-state index is -0.812. The van der Waals surface area contributed by atoms with Gasteiger partial charge in [-0.25, -0.2) is 0 Å². The lowest BCUT2D eigenvalue weighted by atomic mass is 9.94. The Kier molecular flexibility index (Phi) is 7.75. The molecular formula is C28H26N4OS. The minimum Gasteiger partial charge on any atom is -0.480 e. The molecule has 1 aromatic carbocycles. The molecule has 3 rings (SSSR count). The number of benzene rings is 1. The Labute approximate surface area is 205 Å². The van der Waals surface area contributed by atoms with E-state index >= 15 is 0 Å². The SMILES string of the molecule is CCN(CC)c1ccc(/C=C/c2ccc(/C=C/C3=C(C#N)C(=C(C#N)C#N)OC3(C)C)s2)cc1. The maximum absolute atomic E-state index is 9.65. The van der Waals surface area contributed by atoms with Crippen molar-refractivity contribution in [2.75, 3.05) is 18.0 Å². The lowest BCUT2D eigenvalue weighted by molar-refractivity contribution is 0.0954. The van der Waals surface area contributed by atoms with Gasteiger partial charge in [-0.3, -0.25) is 0 Å². The molecule has 170 valence electrons. The summed E-state index contributed by atoms with van der Waals surface area (Å²) in [6.45, 7) is 9.92. The molecule has 1 aromatic heterocycles. The number of anilines is 1. The fraction of sp³-hybridized carbons (Fsp3) is 0.250. The van der Waals surface area contributed by atoms with E-state index in [1.54, 1.807) is 11.3 Å². The highest BCUT2D eigenvalue weighted by molar-refractivity contribution is 7.13. The summed E-state index contributed by atoms with van der Waals surface area (Å²) in [6, 6.07) is 18.3. The van der Waals surface area contributed by atoms with E-state index in [4.69, 9.17) is 4.74 Å². The molecule has 34 heavy (non-hydrogen) atoms. The van der Waals surface area contributed by atoms with Crippen molar-refractivity contribution in [2.24, 2.45) is 0 Å². The zero-order valence-corrected chi connectivity index (χ0v) is 20.6. The van der Waals surface area contributed by atoms with Crippen molar-refractivity contribution in [2.45, 2.75) is 33.3 Å². The number of hydrogen-bond acceptors (Lipinski definition) is 6. The molecule has 1 aliphatic rings. The van der Waals surface area contributed by atoms with Crippen molar-refractivity contribution < 1.29 is 4.74 Å². The van der Waals surface area contributed by atoms with Gasteiger partial charge in [0.1, 0.15) is 29.4 Å². The summed E-state index contributed by atoms with van der Waals surface area (Å²) in [6.07, 6.45) is 7.95. The highest BCUT2D eigenvalue weighted by Gasteiger charge is 2.38. The molecular weight excluding hydrogens is 440 g/mol. The zero-order chi connectivity index (χ0) is 24.7. The van der Waals surface area contributed by atoms with E-state index in [0.29, 0.717) is 5.57 Å². The van der Waals surface area contributed by atoms with E-state index in [-0.39, 0.29) is 16.9 Å². The average Bonchev–Trinajstić information content (AvgIpc) is 3.39. The monoisotopic (exact) mass is 466 g/mol. The standard InChI is InChI=1S/C28H26N4OS/c1-5-32(6-2)22-10-7-20(8-11-22)9-12-23-13-14-24(34-23)15-16-26-25(19-31)27(21(17-29)18-30)33-28(26,3)4/h7-16H,5-6H2,1-4H3/b12-9+,16-15+. The number of rotatable bonds is 7. The van der Waals surface area contributed by atoms with E-state index < -0.39 is 5.60 Å². The Morgan fingerprint density at radius 2 is 1.50 bits per heavy atom. The van der Waals surface area contributed by atoms with Gasteiger partial charge in [0.25, 0.3) is 0 Å². The predicted octanol–water partition coefficient (Wildman–Crippen LogP) is 6.71. The molecule has 0 saturated heterocycles. The first-order valence-corrected chi connectivity index (χ1v) is 11.9. The van der Waals surface area contributed by atoms with Gasteiger partial charge in [-0.05, 0) is 69.7 Å². The van der Waals surface area contributed by atoms with Crippen LogP contribution in [0, 0.1) is 34.0 Å². The Bertz CT molecular complexity index is 1280. The van der Waals surface area contributed by atoms with Crippen LogP contribution in [0.4, 0.5) is 5.69 Å². The number of allylic oxidation sites excluding steroid dienone is 2. The fourth-order valence-corrected chi connectivity index (χ4v) is 4.57. The molecule has 0 bridgehead atoms. The predicted molar refractivity (Wildman–Crippen MR) is 138 cm³/mol. The highest BCUT2D eigenvalue weighted by Crippen LogP contribution is 2.40. The molecule has 0 fully saturated rings. The Hall–Kier alpha value is -4.05. The van der Waals surface area contributed by atoms with Crippen molar-refractivity contribution in [1.82, 2.24) is 0 Å². The van der Waals surface area contributed by atoms with E-state index in [1.165, 1.54) is 5.69 Å². The number of hydrogen-bond donors (Lipinski definition) is 0. The first-order valence-electron chi connectivity index (χ1n) is 11.1. The minimum absolute atomic E-state index is 0.0546. The van der Waals surface area contributed by atoms with Crippen molar-refractivity contribution >= 4 is 35.3 Å². The zero-order valence-electron chi connectivity index (χ0n) is 19.8. The van der Waals surface area contributed by atoms with Crippen LogP contribution < -0.4 is 4.90 Å². The van der Waals surface area contributed by atoms with Crippen molar-refractivity contribution in [3.8, 4) is 18.2 Å². The lowest BCUT2D eigenvalue weighted by Gasteiger charge is -2.20. The first kappa shape index (κ1) is 24.6. The molecule has 0 saturated carbocycles.